The van der Waals surface area contributed by atoms with Crippen molar-refractivity contribution in [3.8, 4) is 11.4 Å². The maximum Gasteiger partial charge on any atom is 0.191 e. The molecule has 0 aliphatic carbocycles. The first-order valence-corrected chi connectivity index (χ1v) is 10.0. The number of aliphatic imine (C=N–C) groups is 1. The van der Waals surface area contributed by atoms with Gasteiger partial charge in [0, 0.05) is 32.4 Å². The quantitative estimate of drug-likeness (QED) is 0.296. The number of aromatic nitrogens is 2. The zero-order valence-corrected chi connectivity index (χ0v) is 19.7. The van der Waals surface area contributed by atoms with Crippen molar-refractivity contribution in [1.29, 1.82) is 0 Å². The van der Waals surface area contributed by atoms with E-state index in [2.05, 4.69) is 70.1 Å². The third-order valence-electron chi connectivity index (χ3n) is 5.18. The van der Waals surface area contributed by atoms with Crippen LogP contribution in [0.25, 0.3) is 5.69 Å². The van der Waals surface area contributed by atoms with E-state index in [0.29, 0.717) is 0 Å². The van der Waals surface area contributed by atoms with Gasteiger partial charge in [0.05, 0.1) is 18.3 Å². The number of guanidine groups is 1. The highest BCUT2D eigenvalue weighted by atomic mass is 127. The van der Waals surface area contributed by atoms with Crippen LogP contribution in [0.3, 0.4) is 0 Å². The molecule has 30 heavy (non-hydrogen) atoms. The molecule has 0 bridgehead atoms. The summed E-state index contributed by atoms with van der Waals surface area (Å²) in [5.74, 6) is 1.83. The van der Waals surface area contributed by atoms with Crippen LogP contribution in [0.2, 0.25) is 0 Å². The zero-order chi connectivity index (χ0) is 20.1. The van der Waals surface area contributed by atoms with Gasteiger partial charge in [-0.3, -0.25) is 4.99 Å². The van der Waals surface area contributed by atoms with Gasteiger partial charge in [-0.15, -0.1) is 24.0 Å². The second-order valence-corrected chi connectivity index (χ2v) is 7.20. The molecule has 1 aliphatic rings. The molecule has 0 saturated heterocycles. The first kappa shape index (κ1) is 22.1. The maximum absolute atomic E-state index is 5.58. The minimum atomic E-state index is 0. The van der Waals surface area contributed by atoms with Crippen LogP contribution in [0.15, 0.2) is 65.9 Å². The molecule has 2 heterocycles. The fourth-order valence-electron chi connectivity index (χ4n) is 3.56. The van der Waals surface area contributed by atoms with Crippen LogP contribution in [0, 0.1) is 0 Å². The molecule has 158 valence electrons. The second kappa shape index (κ2) is 10.5. The lowest BCUT2D eigenvalue weighted by Crippen LogP contribution is -2.39. The molecule has 0 saturated carbocycles. The van der Waals surface area contributed by atoms with Gasteiger partial charge in [-0.05, 0) is 54.3 Å². The van der Waals surface area contributed by atoms with E-state index in [0.717, 1.165) is 43.4 Å². The Bertz CT molecular complexity index is 987. The minimum Gasteiger partial charge on any atom is -0.493 e. The summed E-state index contributed by atoms with van der Waals surface area (Å²) >= 11 is 0. The van der Waals surface area contributed by atoms with Crippen molar-refractivity contribution >= 4 is 29.9 Å². The summed E-state index contributed by atoms with van der Waals surface area (Å²) in [6.07, 6.45) is 5.68. The molecule has 1 unspecified atom stereocenters. The molecule has 2 N–H and O–H groups in total. The highest BCUT2D eigenvalue weighted by Gasteiger charge is 2.12. The minimum absolute atomic E-state index is 0. The van der Waals surface area contributed by atoms with Gasteiger partial charge in [-0.25, -0.2) is 4.68 Å². The van der Waals surface area contributed by atoms with Gasteiger partial charge < -0.3 is 15.4 Å². The van der Waals surface area contributed by atoms with Gasteiger partial charge in [0.25, 0.3) is 0 Å². The molecule has 3 aromatic rings. The molecule has 2 aromatic carbocycles. The fraction of sp³-hybridized carbons (Fsp3) is 0.304. The van der Waals surface area contributed by atoms with Gasteiger partial charge in [0.15, 0.2) is 5.96 Å². The fourth-order valence-corrected chi connectivity index (χ4v) is 3.56. The van der Waals surface area contributed by atoms with Gasteiger partial charge in [0.2, 0.25) is 0 Å². The predicted molar refractivity (Wildman–Crippen MR) is 131 cm³/mol. The molecular weight excluding hydrogens is 489 g/mol. The summed E-state index contributed by atoms with van der Waals surface area (Å²) in [4.78, 5) is 4.37. The van der Waals surface area contributed by atoms with Crippen LogP contribution >= 0.6 is 24.0 Å². The monoisotopic (exact) mass is 517 g/mol. The summed E-state index contributed by atoms with van der Waals surface area (Å²) in [6, 6.07) is 16.9. The number of hydrogen-bond donors (Lipinski definition) is 2. The average Bonchev–Trinajstić information content (AvgIpc) is 3.44. The summed E-state index contributed by atoms with van der Waals surface area (Å²) in [7, 11) is 1.80. The maximum atomic E-state index is 5.58. The van der Waals surface area contributed by atoms with E-state index in [-0.39, 0.29) is 30.0 Å². The topological polar surface area (TPSA) is 63.5 Å². The van der Waals surface area contributed by atoms with Gasteiger partial charge in [0.1, 0.15) is 5.75 Å². The molecule has 1 aliphatic heterocycles. The number of nitrogens with zero attached hydrogens (tertiary/aromatic N) is 3. The Balaban J connectivity index is 0.00000256. The van der Waals surface area contributed by atoms with Crippen molar-refractivity contribution in [2.24, 2.45) is 4.99 Å². The van der Waals surface area contributed by atoms with E-state index in [1.807, 2.05) is 16.9 Å². The Morgan fingerprint density at radius 1 is 1.23 bits per heavy atom. The van der Waals surface area contributed by atoms with E-state index >= 15 is 0 Å². The highest BCUT2D eigenvalue weighted by Crippen LogP contribution is 2.25. The highest BCUT2D eigenvalue weighted by molar-refractivity contribution is 14.0. The van der Waals surface area contributed by atoms with Gasteiger partial charge >= 0.3 is 0 Å². The molecule has 1 aromatic heterocycles. The molecular formula is C23H28IN5O. The molecule has 0 amide bonds. The lowest BCUT2D eigenvalue weighted by atomic mass is 10.1. The lowest BCUT2D eigenvalue weighted by Gasteiger charge is -2.19. The molecule has 0 radical (unpaired) electrons. The molecule has 1 atom stereocenters. The van der Waals surface area contributed by atoms with Crippen LogP contribution in [0.1, 0.15) is 29.7 Å². The lowest BCUT2D eigenvalue weighted by molar-refractivity contribution is 0.357. The molecule has 4 rings (SSSR count). The number of ether oxygens (including phenoxy) is 1. The summed E-state index contributed by atoms with van der Waals surface area (Å²) in [5, 5.41) is 11.2. The normalized spacial score (nSPS) is 13.7. The summed E-state index contributed by atoms with van der Waals surface area (Å²) in [5.41, 5.74) is 4.86. The van der Waals surface area contributed by atoms with Gasteiger partial charge in [-0.1, -0.05) is 24.3 Å². The number of nitrogens with one attached hydrogen (secondary N) is 2. The van der Waals surface area contributed by atoms with Crippen LogP contribution in [0.5, 0.6) is 5.75 Å². The second-order valence-electron chi connectivity index (χ2n) is 7.20. The summed E-state index contributed by atoms with van der Waals surface area (Å²) < 4.78 is 7.45. The molecule has 0 fully saturated rings. The SMILES string of the molecule is CN=C(NCCc1ccc2c(c1)CCO2)NC(C)c1cccc(-n2cccn2)c1.I. The van der Waals surface area contributed by atoms with Crippen LogP contribution in [0.4, 0.5) is 0 Å². The van der Waals surface area contributed by atoms with Crippen LogP contribution in [-0.4, -0.2) is 35.9 Å². The van der Waals surface area contributed by atoms with Crippen molar-refractivity contribution in [3.63, 3.8) is 0 Å². The number of fused-ring (bicyclic) bond motifs is 1. The molecule has 6 nitrogen and oxygen atoms in total. The Labute approximate surface area is 194 Å². The molecule has 0 spiro atoms. The standard InChI is InChI=1S/C23H27N5O.HI/c1-17(19-5-3-6-21(16-19)28-13-4-11-26-28)27-23(24-2)25-12-9-18-7-8-22-20(15-18)10-14-29-22;/h3-8,11,13,15-17H,9-10,12,14H2,1-2H3,(H2,24,25,27);1H. The van der Waals surface area contributed by atoms with Crippen molar-refractivity contribution in [1.82, 2.24) is 20.4 Å². The van der Waals surface area contributed by atoms with E-state index in [1.54, 1.807) is 13.2 Å². The van der Waals surface area contributed by atoms with E-state index < -0.39 is 0 Å². The largest absolute Gasteiger partial charge is 0.493 e. The van der Waals surface area contributed by atoms with E-state index in [9.17, 15) is 0 Å². The first-order valence-electron chi connectivity index (χ1n) is 10.0. The third kappa shape index (κ3) is 5.33. The number of benzene rings is 2. The Morgan fingerprint density at radius 2 is 2.13 bits per heavy atom. The van der Waals surface area contributed by atoms with Crippen molar-refractivity contribution in [2.75, 3.05) is 20.2 Å². The van der Waals surface area contributed by atoms with Crippen molar-refractivity contribution < 1.29 is 4.74 Å². The number of halogens is 1. The molecule has 7 heteroatoms. The third-order valence-corrected chi connectivity index (χ3v) is 5.18. The Hall–Kier alpha value is -2.55. The van der Waals surface area contributed by atoms with E-state index in [1.165, 1.54) is 16.7 Å². The first-order chi connectivity index (χ1) is 14.2. The smallest absolute Gasteiger partial charge is 0.191 e. The van der Waals surface area contributed by atoms with Crippen LogP contribution < -0.4 is 15.4 Å². The number of rotatable bonds is 6. The van der Waals surface area contributed by atoms with Crippen LogP contribution in [-0.2, 0) is 12.8 Å². The number of hydrogen-bond acceptors (Lipinski definition) is 3. The average molecular weight is 517 g/mol. The van der Waals surface area contributed by atoms with Crippen molar-refractivity contribution in [2.45, 2.75) is 25.8 Å². The predicted octanol–water partition coefficient (Wildman–Crippen LogP) is 3.89. The van der Waals surface area contributed by atoms with Crippen molar-refractivity contribution in [3.05, 3.63) is 77.6 Å². The van der Waals surface area contributed by atoms with E-state index in [4.69, 9.17) is 4.74 Å². The summed E-state index contributed by atoms with van der Waals surface area (Å²) in [6.45, 7) is 3.75. The van der Waals surface area contributed by atoms with Gasteiger partial charge in [-0.2, -0.15) is 5.10 Å². The Kier molecular flexibility index (Phi) is 7.73. The zero-order valence-electron chi connectivity index (χ0n) is 17.3. The Morgan fingerprint density at radius 3 is 2.93 bits per heavy atom.